The van der Waals surface area contributed by atoms with Crippen LogP contribution in [0.2, 0.25) is 0 Å². The maximum atomic E-state index is 14.5. The van der Waals surface area contributed by atoms with Gasteiger partial charge in [0.25, 0.3) is 0 Å². The number of halogens is 2. The lowest BCUT2D eigenvalue weighted by atomic mass is 9.77. The molecule has 0 aromatic heterocycles. The van der Waals surface area contributed by atoms with E-state index >= 15 is 0 Å². The van der Waals surface area contributed by atoms with Gasteiger partial charge in [-0.05, 0) is 79.5 Å². The van der Waals surface area contributed by atoms with Crippen LogP contribution in [0, 0.1) is 5.92 Å². The number of carbonyl (C=O) groups excluding carboxylic acids is 1. The van der Waals surface area contributed by atoms with E-state index in [1.165, 1.54) is 68.4 Å². The van der Waals surface area contributed by atoms with Crippen LogP contribution in [0.25, 0.3) is 0 Å². The molecule has 0 aliphatic heterocycles. The van der Waals surface area contributed by atoms with E-state index in [9.17, 15) is 13.6 Å². The Morgan fingerprint density at radius 2 is 1.37 bits per heavy atom. The van der Waals surface area contributed by atoms with Gasteiger partial charge < -0.3 is 9.47 Å². The molecule has 38 heavy (non-hydrogen) atoms. The number of carbonyl (C=O) groups is 1. The van der Waals surface area contributed by atoms with Gasteiger partial charge in [0.1, 0.15) is 11.5 Å². The van der Waals surface area contributed by atoms with E-state index in [-0.39, 0.29) is 17.1 Å². The number of rotatable bonds is 10. The van der Waals surface area contributed by atoms with Crippen LogP contribution in [-0.2, 0) is 10.9 Å². The molecule has 0 atom stereocenters. The lowest BCUT2D eigenvalue weighted by Gasteiger charge is -2.28. The number of unbranched alkanes of at least 4 members (excludes halogenated alkanes) is 1. The smallest absolute Gasteiger partial charge is 0.426 e. The number of allylic oxidation sites excluding steroid dienone is 2. The lowest BCUT2D eigenvalue weighted by Crippen LogP contribution is -2.21. The largest absolute Gasteiger partial charge is 0.429 e. The molecule has 0 unspecified atom stereocenters. The molecule has 1 aliphatic carbocycles. The molecule has 0 bridgehead atoms. The summed E-state index contributed by atoms with van der Waals surface area (Å²) in [6.07, 6.45) is 10.8. The van der Waals surface area contributed by atoms with Crippen molar-refractivity contribution in [2.24, 2.45) is 5.92 Å². The predicted molar refractivity (Wildman–Crippen MR) is 154 cm³/mol. The lowest BCUT2D eigenvalue weighted by molar-refractivity contribution is -0.185. The number of esters is 1. The fourth-order valence-electron chi connectivity index (χ4n) is 4.08. The average Bonchev–Trinajstić information content (AvgIpc) is 2.94. The zero-order chi connectivity index (χ0) is 28.4. The highest BCUT2D eigenvalue weighted by atomic mass is 19.3. The van der Waals surface area contributed by atoms with Crippen molar-refractivity contribution in [1.29, 1.82) is 0 Å². The first kappa shape index (κ1) is 32.8. The van der Waals surface area contributed by atoms with Gasteiger partial charge in [-0.2, -0.15) is 8.78 Å². The Balaban J connectivity index is 0.000000794. The number of hydrogen-bond donors (Lipinski definition) is 0. The van der Waals surface area contributed by atoms with E-state index in [1.54, 1.807) is 24.3 Å². The quantitative estimate of drug-likeness (QED) is 0.134. The predicted octanol–water partition coefficient (Wildman–Crippen LogP) is 10.1. The molecular formula is C33H44F2O3. The van der Waals surface area contributed by atoms with Gasteiger partial charge in [-0.25, -0.2) is 4.79 Å². The fourth-order valence-corrected chi connectivity index (χ4v) is 4.08. The van der Waals surface area contributed by atoms with Crippen LogP contribution in [0.3, 0.4) is 0 Å². The van der Waals surface area contributed by atoms with Crippen molar-refractivity contribution >= 4 is 5.97 Å². The Kier molecular flexibility index (Phi) is 15.6. The highest BCUT2D eigenvalue weighted by molar-refractivity contribution is 5.83. The zero-order valence-electron chi connectivity index (χ0n) is 23.3. The summed E-state index contributed by atoms with van der Waals surface area (Å²) in [6.45, 7) is 16.6. The van der Waals surface area contributed by atoms with Crippen molar-refractivity contribution in [3.05, 3.63) is 97.6 Å². The summed E-state index contributed by atoms with van der Waals surface area (Å²) in [5, 5.41) is 0. The van der Waals surface area contributed by atoms with Crippen molar-refractivity contribution in [2.45, 2.75) is 84.2 Å². The molecule has 3 nitrogen and oxygen atoms in total. The van der Waals surface area contributed by atoms with Crippen LogP contribution in [0.15, 0.2) is 86.5 Å². The van der Waals surface area contributed by atoms with Gasteiger partial charge in [0, 0.05) is 6.08 Å². The Morgan fingerprint density at radius 3 is 1.82 bits per heavy atom. The summed E-state index contributed by atoms with van der Waals surface area (Å²) in [7, 11) is 0. The van der Waals surface area contributed by atoms with Crippen LogP contribution in [0.5, 0.6) is 11.5 Å². The van der Waals surface area contributed by atoms with Gasteiger partial charge in [-0.1, -0.05) is 90.5 Å². The third-order valence-corrected chi connectivity index (χ3v) is 6.38. The molecule has 0 radical (unpaired) electrons. The first-order valence-electron chi connectivity index (χ1n) is 13.6. The van der Waals surface area contributed by atoms with E-state index in [0.29, 0.717) is 5.92 Å². The number of hydrogen-bond acceptors (Lipinski definition) is 3. The Labute approximate surface area is 228 Å². The Hall–Kier alpha value is -3.21. The van der Waals surface area contributed by atoms with Crippen LogP contribution in [-0.4, -0.2) is 5.97 Å². The summed E-state index contributed by atoms with van der Waals surface area (Å²) >= 11 is 0. The Morgan fingerprint density at radius 1 is 0.842 bits per heavy atom. The van der Waals surface area contributed by atoms with E-state index in [2.05, 4.69) is 40.5 Å². The monoisotopic (exact) mass is 526 g/mol. The molecule has 1 aliphatic rings. The molecule has 0 saturated heterocycles. The van der Waals surface area contributed by atoms with Gasteiger partial charge in [0.2, 0.25) is 0 Å². The Bertz CT molecular complexity index is 949. The van der Waals surface area contributed by atoms with Crippen molar-refractivity contribution < 1.29 is 23.0 Å². The van der Waals surface area contributed by atoms with Crippen molar-refractivity contribution in [2.75, 3.05) is 0 Å². The third kappa shape index (κ3) is 11.9. The molecule has 0 spiro atoms. The van der Waals surface area contributed by atoms with Gasteiger partial charge >= 0.3 is 12.1 Å². The molecule has 1 fully saturated rings. The topological polar surface area (TPSA) is 35.5 Å². The first-order valence-corrected chi connectivity index (χ1v) is 13.6. The average molecular weight is 527 g/mol. The van der Waals surface area contributed by atoms with E-state index in [1.807, 2.05) is 12.1 Å². The molecule has 0 heterocycles. The summed E-state index contributed by atoms with van der Waals surface area (Å²) in [6, 6.07) is 12.0. The molecule has 3 rings (SSSR count). The molecular weight excluding hydrogens is 482 g/mol. The molecule has 0 N–H and O–H groups in total. The van der Waals surface area contributed by atoms with Crippen molar-refractivity contribution in [1.82, 2.24) is 0 Å². The van der Waals surface area contributed by atoms with Crippen LogP contribution in [0.4, 0.5) is 8.78 Å². The molecule has 1 saturated carbocycles. The maximum absolute atomic E-state index is 14.5. The van der Waals surface area contributed by atoms with Crippen LogP contribution in [0.1, 0.15) is 89.2 Å². The van der Waals surface area contributed by atoms with Gasteiger partial charge in [-0.15, -0.1) is 0 Å². The summed E-state index contributed by atoms with van der Waals surface area (Å²) in [5.41, 5.74) is 0.869. The van der Waals surface area contributed by atoms with Gasteiger partial charge in [-0.3, -0.25) is 0 Å². The summed E-state index contributed by atoms with van der Waals surface area (Å²) < 4.78 is 38.9. The highest BCUT2D eigenvalue weighted by Crippen LogP contribution is 2.39. The number of ether oxygens (including phenoxy) is 2. The summed E-state index contributed by atoms with van der Waals surface area (Å²) in [4.78, 5) is 11.2. The maximum Gasteiger partial charge on any atom is 0.426 e. The fraction of sp³-hybridized carbons (Fsp3) is 0.424. The second-order valence-electron chi connectivity index (χ2n) is 9.32. The van der Waals surface area contributed by atoms with Crippen molar-refractivity contribution in [3.8, 4) is 11.5 Å². The highest BCUT2D eigenvalue weighted by Gasteiger charge is 2.34. The van der Waals surface area contributed by atoms with Crippen LogP contribution < -0.4 is 9.47 Å². The molecule has 5 heteroatoms. The van der Waals surface area contributed by atoms with E-state index in [4.69, 9.17) is 9.47 Å². The first-order chi connectivity index (χ1) is 18.2. The molecule has 2 aromatic rings. The second-order valence-corrected chi connectivity index (χ2v) is 9.32. The van der Waals surface area contributed by atoms with E-state index in [0.717, 1.165) is 24.8 Å². The molecule has 2 aromatic carbocycles. The summed E-state index contributed by atoms with van der Waals surface area (Å²) in [5.74, 6) is 0.963. The van der Waals surface area contributed by atoms with Gasteiger partial charge in [0.15, 0.2) is 0 Å². The minimum absolute atomic E-state index is 0.116. The zero-order valence-corrected chi connectivity index (χ0v) is 23.3. The third-order valence-electron chi connectivity index (χ3n) is 6.38. The second kappa shape index (κ2) is 18.1. The van der Waals surface area contributed by atoms with E-state index < -0.39 is 12.1 Å². The normalized spacial score (nSPS) is 16.4. The standard InChI is InChI=1S/C25H28F2O3.C4H10.C4H6/c1-3-5-18-6-8-19(9-7-18)20-10-14-23(15-11-20)30-25(26,27)21-12-16-22(17-13-21)29-24(28)4-2;2*1-3-4-2/h4,10-19H,2-3,5-9H2,1H3;3-4H2,1-2H3;3-4H,1-2H2. The molecule has 208 valence electrons. The van der Waals surface area contributed by atoms with Crippen LogP contribution >= 0.6 is 0 Å². The van der Waals surface area contributed by atoms with Gasteiger partial charge in [0.05, 0.1) is 5.56 Å². The SMILES string of the molecule is C=CC(=O)Oc1ccc(C(F)(F)Oc2ccc(C3CCC(CCC)CC3)cc2)cc1.C=CC=C.CCCC. The number of alkyl halides is 2. The number of benzene rings is 2. The molecule has 0 amide bonds. The minimum atomic E-state index is -3.50. The van der Waals surface area contributed by atoms with Crippen molar-refractivity contribution in [3.63, 3.8) is 0 Å². The minimum Gasteiger partial charge on any atom is -0.429 e.